The number of nitrogens with one attached hydrogen (secondary N) is 1. The first-order valence-corrected chi connectivity index (χ1v) is 6.27. The quantitative estimate of drug-likeness (QED) is 0.865. The molecule has 2 heteroatoms. The number of benzene rings is 2. The maximum Gasteiger partial charge on any atom is 0.118 e. The summed E-state index contributed by atoms with van der Waals surface area (Å²) in [5, 5.41) is 3.34. The summed E-state index contributed by atoms with van der Waals surface area (Å²) >= 11 is 0. The van der Waals surface area contributed by atoms with E-state index in [1.807, 2.05) is 12.1 Å². The maximum absolute atomic E-state index is 5.17. The van der Waals surface area contributed by atoms with Gasteiger partial charge in [0.05, 0.1) is 7.11 Å². The molecule has 94 valence electrons. The lowest BCUT2D eigenvalue weighted by Gasteiger charge is -2.07. The minimum absolute atomic E-state index is 0.891. The predicted molar refractivity (Wildman–Crippen MR) is 75.8 cm³/mol. The highest BCUT2D eigenvalue weighted by Crippen LogP contribution is 2.23. The number of methoxy groups -OCH3 is 1. The highest BCUT2D eigenvalue weighted by Gasteiger charge is 1.99. The summed E-state index contributed by atoms with van der Waals surface area (Å²) in [5.74, 6) is 0.891. The summed E-state index contributed by atoms with van der Waals surface area (Å²) < 4.78 is 5.17. The van der Waals surface area contributed by atoms with Crippen LogP contribution in [0.3, 0.4) is 0 Å². The molecule has 2 nitrogen and oxygen atoms in total. The lowest BCUT2D eigenvalue weighted by Crippen LogP contribution is -2.11. The van der Waals surface area contributed by atoms with Crippen LogP contribution in [0.4, 0.5) is 0 Å². The van der Waals surface area contributed by atoms with E-state index in [2.05, 4.69) is 48.6 Å². The first-order chi connectivity index (χ1) is 8.83. The van der Waals surface area contributed by atoms with E-state index in [0.717, 1.165) is 18.8 Å². The summed E-state index contributed by atoms with van der Waals surface area (Å²) in [6.45, 7) is 4.03. The van der Waals surface area contributed by atoms with E-state index >= 15 is 0 Å². The lowest BCUT2D eigenvalue weighted by molar-refractivity contribution is 0.415. The van der Waals surface area contributed by atoms with Gasteiger partial charge in [0.1, 0.15) is 5.75 Å². The number of ether oxygens (including phenoxy) is 1. The van der Waals surface area contributed by atoms with Crippen LogP contribution in [-0.2, 0) is 6.54 Å². The van der Waals surface area contributed by atoms with Gasteiger partial charge in [-0.25, -0.2) is 0 Å². The van der Waals surface area contributed by atoms with Crippen LogP contribution in [0.25, 0.3) is 11.1 Å². The van der Waals surface area contributed by atoms with Crippen LogP contribution in [0.15, 0.2) is 48.5 Å². The Bertz CT molecular complexity index is 491. The van der Waals surface area contributed by atoms with E-state index in [-0.39, 0.29) is 0 Å². The van der Waals surface area contributed by atoms with Gasteiger partial charge in [0.25, 0.3) is 0 Å². The summed E-state index contributed by atoms with van der Waals surface area (Å²) in [6, 6.07) is 16.8. The molecule has 2 rings (SSSR count). The Kier molecular flexibility index (Phi) is 4.37. The van der Waals surface area contributed by atoms with Crippen LogP contribution in [-0.4, -0.2) is 13.7 Å². The third kappa shape index (κ3) is 3.11. The van der Waals surface area contributed by atoms with Crippen molar-refractivity contribution in [3.8, 4) is 16.9 Å². The third-order valence-corrected chi connectivity index (χ3v) is 2.93. The van der Waals surface area contributed by atoms with Gasteiger partial charge in [-0.3, -0.25) is 0 Å². The highest BCUT2D eigenvalue weighted by molar-refractivity contribution is 5.64. The second-order valence-corrected chi connectivity index (χ2v) is 4.21. The molecule has 0 heterocycles. The topological polar surface area (TPSA) is 21.3 Å². The van der Waals surface area contributed by atoms with Crippen molar-refractivity contribution in [2.45, 2.75) is 13.5 Å². The summed E-state index contributed by atoms with van der Waals surface area (Å²) in [4.78, 5) is 0. The van der Waals surface area contributed by atoms with Crippen molar-refractivity contribution in [1.29, 1.82) is 0 Å². The molecule has 0 atom stereocenters. The average molecular weight is 241 g/mol. The van der Waals surface area contributed by atoms with Crippen molar-refractivity contribution in [3.63, 3.8) is 0 Å². The Labute approximate surface area is 109 Å². The molecule has 0 bridgehead atoms. The Morgan fingerprint density at radius 3 is 2.44 bits per heavy atom. The van der Waals surface area contributed by atoms with Gasteiger partial charge in [-0.1, -0.05) is 37.3 Å². The van der Waals surface area contributed by atoms with Crippen LogP contribution in [0.5, 0.6) is 5.75 Å². The Hall–Kier alpha value is -1.80. The number of hydrogen-bond donors (Lipinski definition) is 1. The van der Waals surface area contributed by atoms with Crippen LogP contribution < -0.4 is 10.1 Å². The summed E-state index contributed by atoms with van der Waals surface area (Å²) in [6.07, 6.45) is 0. The molecule has 0 radical (unpaired) electrons. The minimum Gasteiger partial charge on any atom is -0.497 e. The van der Waals surface area contributed by atoms with E-state index in [0.29, 0.717) is 0 Å². The third-order valence-electron chi connectivity index (χ3n) is 2.93. The molecule has 2 aromatic rings. The maximum atomic E-state index is 5.17. The second kappa shape index (κ2) is 6.22. The average Bonchev–Trinajstić information content (AvgIpc) is 2.45. The Balaban J connectivity index is 2.20. The molecule has 0 unspecified atom stereocenters. The molecule has 0 saturated heterocycles. The van der Waals surface area contributed by atoms with Gasteiger partial charge in [0, 0.05) is 6.54 Å². The monoisotopic (exact) mass is 241 g/mol. The van der Waals surface area contributed by atoms with Gasteiger partial charge in [-0.15, -0.1) is 0 Å². The van der Waals surface area contributed by atoms with E-state index in [1.165, 1.54) is 16.7 Å². The van der Waals surface area contributed by atoms with E-state index in [9.17, 15) is 0 Å². The normalized spacial score (nSPS) is 10.3. The molecule has 0 aromatic heterocycles. The molecular weight excluding hydrogens is 222 g/mol. The van der Waals surface area contributed by atoms with E-state index in [1.54, 1.807) is 7.11 Å². The molecule has 18 heavy (non-hydrogen) atoms. The minimum atomic E-state index is 0.891. The molecule has 1 N–H and O–H groups in total. The second-order valence-electron chi connectivity index (χ2n) is 4.21. The van der Waals surface area contributed by atoms with Gasteiger partial charge < -0.3 is 10.1 Å². The fraction of sp³-hybridized carbons (Fsp3) is 0.250. The van der Waals surface area contributed by atoms with E-state index in [4.69, 9.17) is 4.74 Å². The first-order valence-electron chi connectivity index (χ1n) is 6.27. The van der Waals surface area contributed by atoms with E-state index < -0.39 is 0 Å². The lowest BCUT2D eigenvalue weighted by atomic mass is 10.0. The first kappa shape index (κ1) is 12.7. The fourth-order valence-electron chi connectivity index (χ4n) is 1.91. The fourth-order valence-corrected chi connectivity index (χ4v) is 1.91. The Morgan fingerprint density at radius 1 is 1.00 bits per heavy atom. The molecule has 0 fully saturated rings. The van der Waals surface area contributed by atoms with Crippen molar-refractivity contribution in [2.75, 3.05) is 13.7 Å². The Morgan fingerprint density at radius 2 is 1.78 bits per heavy atom. The summed E-state index contributed by atoms with van der Waals surface area (Å²) in [5.41, 5.74) is 3.77. The van der Waals surface area contributed by atoms with Gasteiger partial charge in [0.15, 0.2) is 0 Å². The highest BCUT2D eigenvalue weighted by atomic mass is 16.5. The van der Waals surface area contributed by atoms with Gasteiger partial charge >= 0.3 is 0 Å². The molecule has 0 aliphatic carbocycles. The zero-order valence-corrected chi connectivity index (χ0v) is 10.9. The molecule has 0 aliphatic rings. The number of rotatable bonds is 5. The van der Waals surface area contributed by atoms with Crippen LogP contribution in [0.1, 0.15) is 12.5 Å². The van der Waals surface area contributed by atoms with Crippen molar-refractivity contribution in [2.24, 2.45) is 0 Å². The molecule has 0 saturated carbocycles. The zero-order valence-electron chi connectivity index (χ0n) is 10.9. The van der Waals surface area contributed by atoms with Crippen LogP contribution in [0, 0.1) is 0 Å². The largest absolute Gasteiger partial charge is 0.497 e. The molecule has 0 amide bonds. The van der Waals surface area contributed by atoms with Crippen molar-refractivity contribution >= 4 is 0 Å². The zero-order chi connectivity index (χ0) is 12.8. The van der Waals surface area contributed by atoms with Crippen molar-refractivity contribution in [3.05, 3.63) is 54.1 Å². The van der Waals surface area contributed by atoms with Crippen molar-refractivity contribution in [1.82, 2.24) is 5.32 Å². The standard InChI is InChI=1S/C16H19NO/c1-3-17-12-13-5-4-6-15(11-13)14-7-9-16(18-2)10-8-14/h4-11,17H,3,12H2,1-2H3. The molecule has 2 aromatic carbocycles. The SMILES string of the molecule is CCNCc1cccc(-c2ccc(OC)cc2)c1. The molecule has 0 aliphatic heterocycles. The number of hydrogen-bond acceptors (Lipinski definition) is 2. The van der Waals surface area contributed by atoms with Crippen LogP contribution in [0.2, 0.25) is 0 Å². The van der Waals surface area contributed by atoms with Gasteiger partial charge in [-0.05, 0) is 41.4 Å². The van der Waals surface area contributed by atoms with Gasteiger partial charge in [-0.2, -0.15) is 0 Å². The predicted octanol–water partition coefficient (Wildman–Crippen LogP) is 3.47. The van der Waals surface area contributed by atoms with Crippen LogP contribution >= 0.6 is 0 Å². The molecule has 0 spiro atoms. The molecular formula is C16H19NO. The van der Waals surface area contributed by atoms with Gasteiger partial charge in [0.2, 0.25) is 0 Å². The smallest absolute Gasteiger partial charge is 0.118 e. The summed E-state index contributed by atoms with van der Waals surface area (Å²) in [7, 11) is 1.69. The van der Waals surface area contributed by atoms with Crippen molar-refractivity contribution < 1.29 is 4.74 Å².